The summed E-state index contributed by atoms with van der Waals surface area (Å²) in [5, 5.41) is 2.80. The Labute approximate surface area is 142 Å². The second kappa shape index (κ2) is 11.1. The molecule has 1 aromatic carbocycles. The van der Waals surface area contributed by atoms with Crippen LogP contribution in [-0.4, -0.2) is 24.0 Å². The van der Waals surface area contributed by atoms with Gasteiger partial charge in [0.2, 0.25) is 5.91 Å². The summed E-state index contributed by atoms with van der Waals surface area (Å²) in [4.78, 5) is 15.7. The van der Waals surface area contributed by atoms with Gasteiger partial charge in [-0.2, -0.15) is 0 Å². The van der Waals surface area contributed by atoms with Crippen molar-refractivity contribution in [3.8, 4) is 11.3 Å². The van der Waals surface area contributed by atoms with Gasteiger partial charge in [-0.05, 0) is 13.0 Å². The molecule has 122 valence electrons. The van der Waals surface area contributed by atoms with E-state index in [0.29, 0.717) is 31.8 Å². The lowest BCUT2D eigenvalue weighted by molar-refractivity contribution is -0.121. The number of hydrogen-bond acceptors (Lipinski definition) is 4. The fourth-order valence-corrected chi connectivity index (χ4v) is 1.80. The van der Waals surface area contributed by atoms with E-state index >= 15 is 0 Å². The molecule has 2 rings (SSSR count). The Bertz CT molecular complexity index is 547. The van der Waals surface area contributed by atoms with E-state index in [9.17, 15) is 4.79 Å². The first-order chi connectivity index (χ1) is 9.79. The molecule has 0 saturated carbocycles. The fourth-order valence-electron chi connectivity index (χ4n) is 1.80. The molecule has 0 radical (unpaired) electrons. The average molecular weight is 346 g/mol. The highest BCUT2D eigenvalue weighted by atomic mass is 35.5. The maximum absolute atomic E-state index is 11.5. The van der Waals surface area contributed by atoms with E-state index in [1.807, 2.05) is 30.3 Å². The van der Waals surface area contributed by atoms with E-state index in [-0.39, 0.29) is 30.7 Å². The number of aromatic nitrogens is 1. The van der Waals surface area contributed by atoms with Crippen LogP contribution in [0.15, 0.2) is 40.9 Å². The van der Waals surface area contributed by atoms with Gasteiger partial charge in [-0.25, -0.2) is 4.98 Å². The lowest BCUT2D eigenvalue weighted by Crippen LogP contribution is -2.26. The van der Waals surface area contributed by atoms with E-state index in [2.05, 4.69) is 10.3 Å². The highest BCUT2D eigenvalue weighted by Crippen LogP contribution is 2.20. The fraction of sp³-hybridized carbons (Fsp3) is 0.333. The standard InChI is InChI=1S/C15H19N3O2.2ClH/c16-9-4-10-17-14(19)7-8-15-18-11-13(20-15)12-5-2-1-3-6-12;;/h1-3,5-6,11H,4,7-10,16H2,(H,17,19);2*1H. The predicted octanol–water partition coefficient (Wildman–Crippen LogP) is 2.58. The SMILES string of the molecule is Cl.Cl.NCCCNC(=O)CCc1ncc(-c2ccccc2)o1. The Hall–Kier alpha value is -1.56. The molecule has 1 amide bonds. The minimum atomic E-state index is -0.00193. The number of nitrogens with zero attached hydrogens (tertiary/aromatic N) is 1. The van der Waals surface area contributed by atoms with Gasteiger partial charge in [-0.15, -0.1) is 24.8 Å². The summed E-state index contributed by atoms with van der Waals surface area (Å²) in [6.07, 6.45) is 3.36. The minimum absolute atomic E-state index is 0. The highest BCUT2D eigenvalue weighted by molar-refractivity contribution is 5.85. The van der Waals surface area contributed by atoms with Gasteiger partial charge in [-0.1, -0.05) is 30.3 Å². The van der Waals surface area contributed by atoms with Crippen LogP contribution >= 0.6 is 24.8 Å². The summed E-state index contributed by atoms with van der Waals surface area (Å²) in [6.45, 7) is 1.20. The monoisotopic (exact) mass is 345 g/mol. The number of hydrogen-bond donors (Lipinski definition) is 2. The van der Waals surface area contributed by atoms with Crippen LogP contribution in [0.5, 0.6) is 0 Å². The number of nitrogens with two attached hydrogens (primary N) is 1. The zero-order chi connectivity index (χ0) is 14.2. The van der Waals surface area contributed by atoms with Crippen LogP contribution in [0.3, 0.4) is 0 Å². The minimum Gasteiger partial charge on any atom is -0.441 e. The highest BCUT2D eigenvalue weighted by Gasteiger charge is 2.08. The van der Waals surface area contributed by atoms with E-state index in [1.54, 1.807) is 6.20 Å². The number of benzene rings is 1. The molecular weight excluding hydrogens is 325 g/mol. The molecule has 1 aromatic heterocycles. The third-order valence-corrected chi connectivity index (χ3v) is 2.88. The number of oxazole rings is 1. The van der Waals surface area contributed by atoms with Gasteiger partial charge < -0.3 is 15.5 Å². The summed E-state index contributed by atoms with van der Waals surface area (Å²) in [6, 6.07) is 9.77. The molecule has 0 bridgehead atoms. The van der Waals surface area contributed by atoms with Crippen LogP contribution in [0.2, 0.25) is 0 Å². The van der Waals surface area contributed by atoms with Crippen molar-refractivity contribution in [1.82, 2.24) is 10.3 Å². The first-order valence-corrected chi connectivity index (χ1v) is 6.76. The maximum atomic E-state index is 11.5. The van der Waals surface area contributed by atoms with E-state index in [1.165, 1.54) is 0 Å². The van der Waals surface area contributed by atoms with Crippen molar-refractivity contribution in [2.24, 2.45) is 5.73 Å². The Morgan fingerprint density at radius 2 is 1.95 bits per heavy atom. The first kappa shape index (κ1) is 20.4. The molecular formula is C15H21Cl2N3O2. The molecule has 0 aliphatic rings. The van der Waals surface area contributed by atoms with Gasteiger partial charge in [0.05, 0.1) is 6.20 Å². The molecule has 0 atom stereocenters. The smallest absolute Gasteiger partial charge is 0.220 e. The molecule has 3 N–H and O–H groups in total. The Morgan fingerprint density at radius 3 is 2.64 bits per heavy atom. The van der Waals surface area contributed by atoms with Crippen LogP contribution in [-0.2, 0) is 11.2 Å². The Balaban J connectivity index is 0.00000220. The Kier molecular flexibility index (Phi) is 10.3. The number of carbonyl (C=O) groups excluding carboxylic acids is 1. The molecule has 0 saturated heterocycles. The number of aryl methyl sites for hydroxylation is 1. The van der Waals surface area contributed by atoms with Crippen molar-refractivity contribution >= 4 is 30.7 Å². The summed E-state index contributed by atoms with van der Waals surface area (Å²) < 4.78 is 5.63. The van der Waals surface area contributed by atoms with Crippen molar-refractivity contribution in [2.45, 2.75) is 19.3 Å². The first-order valence-electron chi connectivity index (χ1n) is 6.76. The van der Waals surface area contributed by atoms with E-state index < -0.39 is 0 Å². The van der Waals surface area contributed by atoms with Gasteiger partial charge in [-0.3, -0.25) is 4.79 Å². The zero-order valence-corrected chi connectivity index (χ0v) is 13.8. The predicted molar refractivity (Wildman–Crippen MR) is 91.4 cm³/mol. The second-order valence-corrected chi connectivity index (χ2v) is 4.48. The Morgan fingerprint density at radius 1 is 1.23 bits per heavy atom. The van der Waals surface area contributed by atoms with Crippen LogP contribution in [0.4, 0.5) is 0 Å². The van der Waals surface area contributed by atoms with Gasteiger partial charge in [0.15, 0.2) is 11.7 Å². The molecule has 1 heterocycles. The van der Waals surface area contributed by atoms with Crippen molar-refractivity contribution in [3.05, 3.63) is 42.4 Å². The number of nitrogens with one attached hydrogen (secondary N) is 1. The van der Waals surface area contributed by atoms with Gasteiger partial charge in [0.25, 0.3) is 0 Å². The van der Waals surface area contributed by atoms with Crippen molar-refractivity contribution in [1.29, 1.82) is 0 Å². The molecule has 7 heteroatoms. The number of rotatable bonds is 7. The molecule has 0 spiro atoms. The maximum Gasteiger partial charge on any atom is 0.220 e. The summed E-state index contributed by atoms with van der Waals surface area (Å²) in [5.41, 5.74) is 6.35. The second-order valence-electron chi connectivity index (χ2n) is 4.48. The van der Waals surface area contributed by atoms with Gasteiger partial charge in [0, 0.05) is 24.9 Å². The zero-order valence-electron chi connectivity index (χ0n) is 12.2. The largest absolute Gasteiger partial charge is 0.441 e. The molecule has 0 aliphatic carbocycles. The summed E-state index contributed by atoms with van der Waals surface area (Å²) >= 11 is 0. The third-order valence-electron chi connectivity index (χ3n) is 2.88. The van der Waals surface area contributed by atoms with Crippen LogP contribution in [0, 0.1) is 0 Å². The lowest BCUT2D eigenvalue weighted by Gasteiger charge is -2.02. The quantitative estimate of drug-likeness (QED) is 0.755. The summed E-state index contributed by atoms with van der Waals surface area (Å²) in [5.74, 6) is 1.31. The van der Waals surface area contributed by atoms with E-state index in [4.69, 9.17) is 10.2 Å². The summed E-state index contributed by atoms with van der Waals surface area (Å²) in [7, 11) is 0. The van der Waals surface area contributed by atoms with Crippen molar-refractivity contribution < 1.29 is 9.21 Å². The van der Waals surface area contributed by atoms with Crippen LogP contribution in [0.1, 0.15) is 18.7 Å². The average Bonchev–Trinajstić information content (AvgIpc) is 2.95. The lowest BCUT2D eigenvalue weighted by atomic mass is 10.2. The third kappa shape index (κ3) is 6.47. The van der Waals surface area contributed by atoms with Crippen LogP contribution < -0.4 is 11.1 Å². The van der Waals surface area contributed by atoms with Crippen molar-refractivity contribution in [3.63, 3.8) is 0 Å². The molecule has 5 nitrogen and oxygen atoms in total. The van der Waals surface area contributed by atoms with Gasteiger partial charge in [0.1, 0.15) is 0 Å². The normalized spacial score (nSPS) is 9.50. The van der Waals surface area contributed by atoms with Gasteiger partial charge >= 0.3 is 0 Å². The van der Waals surface area contributed by atoms with Crippen molar-refractivity contribution in [2.75, 3.05) is 13.1 Å². The molecule has 0 unspecified atom stereocenters. The van der Waals surface area contributed by atoms with E-state index in [0.717, 1.165) is 17.7 Å². The number of carbonyl (C=O) groups is 1. The molecule has 0 aliphatic heterocycles. The van der Waals surface area contributed by atoms with Crippen LogP contribution in [0.25, 0.3) is 11.3 Å². The topological polar surface area (TPSA) is 81.1 Å². The molecule has 2 aromatic rings. The molecule has 22 heavy (non-hydrogen) atoms. The number of halogens is 2. The molecule has 0 fully saturated rings. The number of amides is 1.